The van der Waals surface area contributed by atoms with Crippen LogP contribution >= 0.6 is 11.3 Å². The smallest absolute Gasteiger partial charge is 0.421 e. The minimum atomic E-state index is -4.19. The fourth-order valence-corrected chi connectivity index (χ4v) is 6.24. The van der Waals surface area contributed by atoms with Gasteiger partial charge in [0.15, 0.2) is 0 Å². The molecule has 10 heteroatoms. The highest BCUT2D eigenvalue weighted by molar-refractivity contribution is 7.92. The minimum absolute atomic E-state index is 0.00514. The third-order valence-corrected chi connectivity index (χ3v) is 7.97. The lowest BCUT2D eigenvalue weighted by molar-refractivity contribution is 0.151. The molecule has 0 aliphatic rings. The summed E-state index contributed by atoms with van der Waals surface area (Å²) in [6.45, 7) is 6.71. The van der Waals surface area contributed by atoms with Gasteiger partial charge >= 0.3 is 6.09 Å². The van der Waals surface area contributed by atoms with Gasteiger partial charge in [-0.2, -0.15) is 5.26 Å². The van der Waals surface area contributed by atoms with E-state index in [0.717, 1.165) is 28.2 Å². The Hall–Kier alpha value is -3.16. The molecule has 34 heavy (non-hydrogen) atoms. The van der Waals surface area contributed by atoms with E-state index >= 15 is 0 Å². The molecular weight excluding hydrogens is 472 g/mol. The molecule has 1 N–H and O–H groups in total. The Bertz CT molecular complexity index is 1270. The first-order valence-corrected chi connectivity index (χ1v) is 13.3. The number of benzene rings is 1. The molecule has 0 radical (unpaired) electrons. The number of aromatic nitrogens is 2. The third kappa shape index (κ3) is 6.46. The van der Waals surface area contributed by atoms with Crippen molar-refractivity contribution in [2.75, 3.05) is 6.61 Å². The van der Waals surface area contributed by atoms with E-state index in [4.69, 9.17) is 4.74 Å². The number of nitrogens with one attached hydrogen (secondary N) is 1. The van der Waals surface area contributed by atoms with Gasteiger partial charge in [0.1, 0.15) is 4.21 Å². The van der Waals surface area contributed by atoms with Gasteiger partial charge in [-0.1, -0.05) is 39.3 Å². The molecule has 0 saturated carbocycles. The van der Waals surface area contributed by atoms with Crippen molar-refractivity contribution in [2.24, 2.45) is 5.92 Å². The van der Waals surface area contributed by atoms with Crippen LogP contribution in [0.5, 0.6) is 0 Å². The molecule has 3 aromatic rings. The van der Waals surface area contributed by atoms with E-state index < -0.39 is 16.1 Å². The van der Waals surface area contributed by atoms with Gasteiger partial charge in [0.25, 0.3) is 10.0 Å². The predicted octanol–water partition coefficient (Wildman–Crippen LogP) is 4.95. The normalized spacial score (nSPS) is 11.4. The Morgan fingerprint density at radius 1 is 1.29 bits per heavy atom. The van der Waals surface area contributed by atoms with Gasteiger partial charge in [-0.3, -0.25) is 0 Å². The molecule has 0 atom stereocenters. The molecule has 1 amide bonds. The molecule has 2 aromatic heterocycles. The van der Waals surface area contributed by atoms with Crippen molar-refractivity contribution in [3.05, 3.63) is 59.0 Å². The topological polar surface area (TPSA) is 114 Å². The monoisotopic (exact) mass is 500 g/mol. The van der Waals surface area contributed by atoms with Crippen LogP contribution in [0, 0.1) is 17.2 Å². The van der Waals surface area contributed by atoms with Crippen molar-refractivity contribution in [3.8, 4) is 17.2 Å². The number of carbonyl (C=O) groups excluding carboxylic acids is 1. The number of amides is 1. The van der Waals surface area contributed by atoms with Crippen LogP contribution in [0.3, 0.4) is 0 Å². The fourth-order valence-electron chi connectivity index (χ4n) is 3.42. The van der Waals surface area contributed by atoms with Gasteiger partial charge in [0, 0.05) is 34.9 Å². The van der Waals surface area contributed by atoms with Gasteiger partial charge < -0.3 is 9.30 Å². The van der Waals surface area contributed by atoms with Crippen molar-refractivity contribution < 1.29 is 17.9 Å². The number of unbranched alkanes of at least 4 members (excludes halogenated alkanes) is 1. The molecule has 8 nitrogen and oxygen atoms in total. The summed E-state index contributed by atoms with van der Waals surface area (Å²) in [6, 6.07) is 9.35. The summed E-state index contributed by atoms with van der Waals surface area (Å²) < 4.78 is 35.2. The number of thiophene rings is 1. The Morgan fingerprint density at radius 3 is 2.74 bits per heavy atom. The molecule has 0 saturated heterocycles. The molecule has 0 bridgehead atoms. The molecule has 1 aromatic carbocycles. The van der Waals surface area contributed by atoms with Crippen molar-refractivity contribution in [2.45, 2.75) is 50.8 Å². The van der Waals surface area contributed by atoms with E-state index in [9.17, 15) is 18.5 Å². The fraction of sp³-hybridized carbons (Fsp3) is 0.375. The van der Waals surface area contributed by atoms with Gasteiger partial charge in [0.2, 0.25) is 0 Å². The second kappa shape index (κ2) is 11.3. The van der Waals surface area contributed by atoms with Crippen molar-refractivity contribution >= 4 is 27.5 Å². The minimum Gasteiger partial charge on any atom is -0.449 e. The van der Waals surface area contributed by atoms with Crippen LogP contribution in [0.4, 0.5) is 4.79 Å². The van der Waals surface area contributed by atoms with Crippen molar-refractivity contribution in [3.63, 3.8) is 0 Å². The molecule has 0 aliphatic carbocycles. The van der Waals surface area contributed by atoms with Crippen LogP contribution in [0.15, 0.2) is 47.2 Å². The first kappa shape index (κ1) is 25.5. The molecule has 0 unspecified atom stereocenters. The second-order valence-electron chi connectivity index (χ2n) is 8.33. The van der Waals surface area contributed by atoms with Gasteiger partial charge in [0.05, 0.1) is 24.6 Å². The van der Waals surface area contributed by atoms with E-state index in [0.29, 0.717) is 42.0 Å². The lowest BCUT2D eigenvalue weighted by atomic mass is 9.99. The maximum Gasteiger partial charge on any atom is 0.421 e. The lowest BCUT2D eigenvalue weighted by Gasteiger charge is -2.10. The van der Waals surface area contributed by atoms with Gasteiger partial charge in [-0.15, -0.1) is 11.3 Å². The predicted molar refractivity (Wildman–Crippen MR) is 131 cm³/mol. The van der Waals surface area contributed by atoms with Crippen LogP contribution in [0.1, 0.15) is 49.6 Å². The van der Waals surface area contributed by atoms with Crippen LogP contribution in [0.2, 0.25) is 0 Å². The van der Waals surface area contributed by atoms with Crippen LogP contribution in [-0.2, 0) is 27.7 Å². The number of carbonyl (C=O) groups is 1. The van der Waals surface area contributed by atoms with E-state index in [1.807, 2.05) is 42.3 Å². The highest BCUT2D eigenvalue weighted by Crippen LogP contribution is 2.38. The number of imidazole rings is 1. The quantitative estimate of drug-likeness (QED) is 0.394. The number of hydrogen-bond acceptors (Lipinski definition) is 7. The van der Waals surface area contributed by atoms with Crippen molar-refractivity contribution in [1.29, 1.82) is 5.26 Å². The van der Waals surface area contributed by atoms with Crippen LogP contribution in [-0.4, -0.2) is 30.7 Å². The third-order valence-electron chi connectivity index (χ3n) is 4.97. The number of nitriles is 1. The van der Waals surface area contributed by atoms with E-state index in [2.05, 4.69) is 11.1 Å². The Labute approximate surface area is 204 Å². The zero-order valence-corrected chi connectivity index (χ0v) is 21.1. The SMILES string of the molecule is CCCCOC(=O)NS(=O)(=O)c1sc(CC(C)C)cc1-c1ccc(Cn2ccnc2)cc1C#N. The summed E-state index contributed by atoms with van der Waals surface area (Å²) in [4.78, 5) is 17.0. The van der Waals surface area contributed by atoms with E-state index in [1.165, 1.54) is 0 Å². The molecule has 2 heterocycles. The summed E-state index contributed by atoms with van der Waals surface area (Å²) in [5, 5.41) is 9.84. The summed E-state index contributed by atoms with van der Waals surface area (Å²) in [5.74, 6) is 0.307. The largest absolute Gasteiger partial charge is 0.449 e. The number of ether oxygens (including phenoxy) is 1. The molecule has 0 spiro atoms. The van der Waals surface area contributed by atoms with Crippen molar-refractivity contribution in [1.82, 2.24) is 14.3 Å². The van der Waals surface area contributed by atoms with Crippen LogP contribution < -0.4 is 4.72 Å². The highest BCUT2D eigenvalue weighted by Gasteiger charge is 2.27. The van der Waals surface area contributed by atoms with Gasteiger partial charge in [-0.25, -0.2) is 22.9 Å². The zero-order chi connectivity index (χ0) is 24.7. The second-order valence-corrected chi connectivity index (χ2v) is 11.3. The molecular formula is C24H28N4O4S2. The maximum atomic E-state index is 13.2. The lowest BCUT2D eigenvalue weighted by Crippen LogP contribution is -2.31. The molecule has 0 fully saturated rings. The first-order chi connectivity index (χ1) is 16.2. The average Bonchev–Trinajstić information content (AvgIpc) is 3.43. The summed E-state index contributed by atoms with van der Waals surface area (Å²) >= 11 is 1.11. The zero-order valence-electron chi connectivity index (χ0n) is 19.4. The highest BCUT2D eigenvalue weighted by atomic mass is 32.2. The summed E-state index contributed by atoms with van der Waals surface area (Å²) in [7, 11) is -4.19. The number of nitrogens with zero attached hydrogens (tertiary/aromatic N) is 3. The number of sulfonamides is 1. The molecule has 3 rings (SSSR count). The summed E-state index contributed by atoms with van der Waals surface area (Å²) in [6.07, 6.45) is 6.33. The molecule has 180 valence electrons. The molecule has 0 aliphatic heterocycles. The average molecular weight is 501 g/mol. The van der Waals surface area contributed by atoms with Crippen LogP contribution in [0.25, 0.3) is 11.1 Å². The Kier molecular flexibility index (Phi) is 8.47. The Balaban J connectivity index is 1.99. The van der Waals surface area contributed by atoms with E-state index in [-0.39, 0.29) is 10.8 Å². The first-order valence-electron chi connectivity index (χ1n) is 11.0. The van der Waals surface area contributed by atoms with Gasteiger partial charge in [-0.05, 0) is 36.5 Å². The number of rotatable bonds is 10. The maximum absolute atomic E-state index is 13.2. The Morgan fingerprint density at radius 2 is 2.09 bits per heavy atom. The summed E-state index contributed by atoms with van der Waals surface area (Å²) in [5.41, 5.74) is 2.15. The number of hydrogen-bond donors (Lipinski definition) is 1. The van der Waals surface area contributed by atoms with E-state index in [1.54, 1.807) is 30.7 Å². The standard InChI is InChI=1S/C24H28N4O4S2/c1-4-5-10-32-24(29)27-34(30,31)23-22(13-20(33-23)11-17(2)3)21-7-6-18(12-19(21)14-25)15-28-9-8-26-16-28/h6-9,12-13,16-17H,4-5,10-11,15H2,1-3H3,(H,27,29).